The second-order valence-electron chi connectivity index (χ2n) is 23.5. The van der Waals surface area contributed by atoms with Gasteiger partial charge in [0.2, 0.25) is 6.79 Å². The molecule has 0 saturated carbocycles. The maximum atomic E-state index is 12.6. The van der Waals surface area contributed by atoms with Crippen molar-refractivity contribution in [1.82, 2.24) is 0 Å². The van der Waals surface area contributed by atoms with E-state index < -0.39 is 11.6 Å². The Labute approximate surface area is 632 Å². The summed E-state index contributed by atoms with van der Waals surface area (Å²) in [6, 6.07) is 75.5. The van der Waals surface area contributed by atoms with E-state index >= 15 is 0 Å². The number of fused-ring (bicyclic) bond motifs is 5. The summed E-state index contributed by atoms with van der Waals surface area (Å²) < 4.78 is 83.0. The van der Waals surface area contributed by atoms with Crippen molar-refractivity contribution in [3.05, 3.63) is 362 Å². The van der Waals surface area contributed by atoms with Crippen LogP contribution in [0.25, 0.3) is 43.9 Å². The Morgan fingerprint density at radius 3 is 1.22 bits per heavy atom. The maximum absolute atomic E-state index is 12.6. The summed E-state index contributed by atoms with van der Waals surface area (Å²) in [5, 5.41) is 14.6. The predicted octanol–water partition coefficient (Wildman–Crippen LogP) is 28.8. The summed E-state index contributed by atoms with van der Waals surface area (Å²) >= 11 is 27.7. The number of hydrogen-bond donors (Lipinski definition) is 0. The molecule has 0 saturated heterocycles. The highest BCUT2D eigenvalue weighted by Gasteiger charge is 2.11. The molecule has 0 atom stereocenters. The number of aryl methyl sites for hydroxylation is 12. The van der Waals surface area contributed by atoms with Gasteiger partial charge >= 0.3 is 0 Å². The van der Waals surface area contributed by atoms with E-state index in [-0.39, 0.29) is 11.6 Å². The summed E-state index contributed by atoms with van der Waals surface area (Å²) in [5.74, 6) is 3.12. The molecule has 0 spiro atoms. The highest BCUT2D eigenvalue weighted by molar-refractivity contribution is 9.10. The van der Waals surface area contributed by atoms with Crippen LogP contribution in [-0.4, -0.2) is 6.79 Å². The number of furan rings is 4. The molecule has 17 heteroatoms. The third-order valence-electron chi connectivity index (χ3n) is 14.1. The molecule has 6 heterocycles. The molecular weight excluding hydrogens is 1470 g/mol. The molecule has 532 valence electrons. The maximum Gasteiger partial charge on any atom is 0.231 e. The summed E-state index contributed by atoms with van der Waals surface area (Å²) in [7, 11) is 0. The average molecular weight is 1550 g/mol. The van der Waals surface area contributed by atoms with Crippen molar-refractivity contribution in [2.24, 2.45) is 0 Å². The Morgan fingerprint density at radius 1 is 0.340 bits per heavy atom. The number of nitriles is 1. The molecule has 0 amide bonds. The smallest absolute Gasteiger partial charge is 0.231 e. The zero-order valence-corrected chi connectivity index (χ0v) is 64.4. The summed E-state index contributed by atoms with van der Waals surface area (Å²) in [6.45, 7) is 24.0. The minimum Gasteiger partial charge on any atom is -0.461 e. The van der Waals surface area contributed by atoms with Gasteiger partial charge in [0.1, 0.15) is 57.0 Å². The standard InChI is InChI=1S/2C9H7ClO.2C9H7FO.C8H7N.C8H8O2.C8H10.C7H7Br.C7H7Cl.C7H6F2.C5H5ClS/c1-6-4-7-5-8(10)2-3-9(7)11-6;1-6-4-7-2-3-8(10)5-9(7)11-6;1-6-4-7-5-8(10)2-3-9(7)11-6;1-6-4-7-2-3-8(10)5-9(7)11-6;1-7-2-4-8(6-9)5-3-7;1-6-2-3-7-8(4-6)10-5-9-7;1-7-3-5-8(2)6-4-7;2*1-6-2-4-7(8)5-3-6;1-5-2-3-6(8)7(9)4-5;1-4-2-3-5(6)7-4/h4*2-5H,1H3;2-5H,1H3;2-4H,5H2,1H3;3-6H,1-2H3;2*2-5H,1H3;2-4H,1H3;2-3H,1H3. The van der Waals surface area contributed by atoms with Crippen molar-refractivity contribution in [3.8, 4) is 17.6 Å². The van der Waals surface area contributed by atoms with Gasteiger partial charge in [0.05, 0.1) is 16.0 Å². The van der Waals surface area contributed by atoms with Gasteiger partial charge in [-0.2, -0.15) is 5.26 Å². The number of benzene rings is 10. The Bertz CT molecular complexity index is 4630. The highest BCUT2D eigenvalue weighted by Crippen LogP contribution is 2.32. The van der Waals surface area contributed by atoms with E-state index in [0.29, 0.717) is 17.4 Å². The Balaban J connectivity index is 0.000000179. The lowest BCUT2D eigenvalue weighted by Gasteiger charge is -1.94. The minimum atomic E-state index is -0.791. The van der Waals surface area contributed by atoms with Crippen LogP contribution in [0.3, 0.4) is 0 Å². The van der Waals surface area contributed by atoms with Gasteiger partial charge in [0.15, 0.2) is 23.1 Å². The van der Waals surface area contributed by atoms with Crippen molar-refractivity contribution >= 4 is 118 Å². The van der Waals surface area contributed by atoms with Crippen molar-refractivity contribution in [2.75, 3.05) is 6.79 Å². The van der Waals surface area contributed by atoms with Crippen molar-refractivity contribution in [2.45, 2.75) is 83.1 Å². The van der Waals surface area contributed by atoms with Gasteiger partial charge < -0.3 is 27.1 Å². The summed E-state index contributed by atoms with van der Waals surface area (Å²) in [5.41, 5.74) is 12.1. The number of nitrogens with zero attached hydrogens (tertiary/aromatic N) is 1. The summed E-state index contributed by atoms with van der Waals surface area (Å²) in [6.07, 6.45) is 0. The van der Waals surface area contributed by atoms with Crippen LogP contribution in [0.5, 0.6) is 11.5 Å². The van der Waals surface area contributed by atoms with Crippen LogP contribution in [0.15, 0.2) is 265 Å². The Hall–Kier alpha value is -9.49. The zero-order chi connectivity index (χ0) is 75.1. The van der Waals surface area contributed by atoms with Gasteiger partial charge in [-0.1, -0.05) is 163 Å². The summed E-state index contributed by atoms with van der Waals surface area (Å²) in [4.78, 5) is 1.27. The molecule has 16 rings (SSSR count). The fourth-order valence-corrected chi connectivity index (χ4v) is 10.7. The molecule has 0 unspecified atom stereocenters. The second kappa shape index (κ2) is 42.2. The van der Waals surface area contributed by atoms with Gasteiger partial charge in [0.25, 0.3) is 0 Å². The molecule has 0 N–H and O–H groups in total. The Kier molecular flexibility index (Phi) is 33.8. The molecule has 0 bridgehead atoms. The molecule has 7 nitrogen and oxygen atoms in total. The second-order valence-corrected chi connectivity index (χ2v) is 27.6. The molecule has 5 aromatic heterocycles. The molecule has 1 aliphatic rings. The Morgan fingerprint density at radius 2 is 0.738 bits per heavy atom. The molecule has 0 radical (unpaired) electrons. The number of ether oxygens (including phenoxy) is 2. The lowest BCUT2D eigenvalue weighted by atomic mass is 10.2. The third kappa shape index (κ3) is 30.5. The molecule has 0 aliphatic carbocycles. The molecular formula is C86H78BrCl4F4NO6S. The van der Waals surface area contributed by atoms with Crippen molar-refractivity contribution < 1.29 is 44.7 Å². The van der Waals surface area contributed by atoms with Gasteiger partial charge in [0, 0.05) is 52.0 Å². The average Bonchev–Trinajstić information content (AvgIpc) is 1.56. The van der Waals surface area contributed by atoms with Crippen LogP contribution in [0.4, 0.5) is 17.6 Å². The van der Waals surface area contributed by atoms with E-state index in [9.17, 15) is 17.6 Å². The van der Waals surface area contributed by atoms with Gasteiger partial charge in [-0.3, -0.25) is 0 Å². The number of rotatable bonds is 0. The largest absolute Gasteiger partial charge is 0.461 e. The lowest BCUT2D eigenvalue weighted by Crippen LogP contribution is -1.92. The van der Waals surface area contributed by atoms with Gasteiger partial charge in [-0.25, -0.2) is 17.6 Å². The van der Waals surface area contributed by atoms with Crippen molar-refractivity contribution in [3.63, 3.8) is 0 Å². The molecule has 103 heavy (non-hydrogen) atoms. The fourth-order valence-electron chi connectivity index (χ4n) is 8.91. The highest BCUT2D eigenvalue weighted by atomic mass is 79.9. The predicted molar refractivity (Wildman–Crippen MR) is 423 cm³/mol. The van der Waals surface area contributed by atoms with Crippen LogP contribution in [0.2, 0.25) is 19.4 Å². The lowest BCUT2D eigenvalue weighted by molar-refractivity contribution is 0.174. The monoisotopic (exact) mass is 1550 g/mol. The van der Waals surface area contributed by atoms with E-state index in [1.165, 1.54) is 68.6 Å². The van der Waals surface area contributed by atoms with Crippen LogP contribution in [-0.2, 0) is 0 Å². The van der Waals surface area contributed by atoms with E-state index in [0.717, 1.165) is 115 Å². The normalized spacial score (nSPS) is 10.3. The van der Waals surface area contributed by atoms with Crippen LogP contribution in [0.1, 0.15) is 72.4 Å². The first-order chi connectivity index (χ1) is 49.1. The van der Waals surface area contributed by atoms with E-state index in [2.05, 4.69) is 79.2 Å². The van der Waals surface area contributed by atoms with Crippen LogP contribution >= 0.6 is 73.7 Å². The third-order valence-corrected chi connectivity index (χ3v) is 16.5. The number of hydrogen-bond acceptors (Lipinski definition) is 8. The molecule has 10 aromatic carbocycles. The van der Waals surface area contributed by atoms with Gasteiger partial charge in [-0.05, 0) is 258 Å². The fraction of sp³-hybridized carbons (Fsp3) is 0.151. The molecule has 15 aromatic rings. The number of thiophene rings is 1. The number of halogens is 9. The molecule has 0 fully saturated rings. The zero-order valence-electron chi connectivity index (χ0n) is 59.0. The molecule has 1 aliphatic heterocycles. The van der Waals surface area contributed by atoms with Crippen molar-refractivity contribution in [1.29, 1.82) is 5.26 Å². The van der Waals surface area contributed by atoms with E-state index in [4.69, 9.17) is 78.8 Å². The van der Waals surface area contributed by atoms with E-state index in [1.54, 1.807) is 30.4 Å². The van der Waals surface area contributed by atoms with E-state index in [1.807, 2.05) is 207 Å². The first-order valence-electron chi connectivity index (χ1n) is 32.1. The quantitative estimate of drug-likeness (QED) is 0.140. The van der Waals surface area contributed by atoms with Gasteiger partial charge in [-0.15, -0.1) is 11.3 Å². The van der Waals surface area contributed by atoms with Crippen LogP contribution < -0.4 is 9.47 Å². The topological polar surface area (TPSA) is 94.8 Å². The first kappa shape index (κ1) is 82.5. The minimum absolute atomic E-state index is 0.224. The SMILES string of the molecule is Cc1cc2cc(Cl)ccc2o1.Cc1cc2cc(F)ccc2o1.Cc1cc2ccc(Cl)cc2o1.Cc1cc2ccc(F)cc2o1.Cc1ccc(Br)cc1.Cc1ccc(C#N)cc1.Cc1ccc(C)cc1.Cc1ccc(Cl)cc1.Cc1ccc(Cl)s1.Cc1ccc(F)c(F)c1.Cc1ccc2c(c1)OCO2. The first-order valence-corrected chi connectivity index (χ1v) is 35.3. The van der Waals surface area contributed by atoms with Crippen LogP contribution in [0, 0.1) is 118 Å².